The third kappa shape index (κ3) is 5.03. The highest BCUT2D eigenvalue weighted by Gasteiger charge is 2.23. The minimum absolute atomic E-state index is 0.0604. The fraction of sp³-hybridized carbons (Fsp3) is 0.400. The van der Waals surface area contributed by atoms with Crippen LogP contribution in [0.25, 0.3) is 0 Å². The van der Waals surface area contributed by atoms with Gasteiger partial charge in [0.25, 0.3) is 0 Å². The van der Waals surface area contributed by atoms with Gasteiger partial charge in [0.1, 0.15) is 5.75 Å². The monoisotopic (exact) mass is 355 g/mol. The summed E-state index contributed by atoms with van der Waals surface area (Å²) in [4.78, 5) is 17.9. The largest absolute Gasteiger partial charge is 0.482 e. The Labute approximate surface area is 154 Å². The zero-order valence-electron chi connectivity index (χ0n) is 15.1. The third-order valence-electron chi connectivity index (χ3n) is 4.42. The van der Waals surface area contributed by atoms with Crippen LogP contribution in [0, 0.1) is 0 Å². The lowest BCUT2D eigenvalue weighted by molar-refractivity contribution is -0.145. The van der Waals surface area contributed by atoms with Crippen molar-refractivity contribution < 1.29 is 14.3 Å². The van der Waals surface area contributed by atoms with Crippen molar-refractivity contribution in [3.05, 3.63) is 59.9 Å². The molecule has 0 saturated carbocycles. The minimum Gasteiger partial charge on any atom is -0.482 e. The van der Waals surface area contributed by atoms with Gasteiger partial charge in [-0.1, -0.05) is 12.1 Å². The van der Waals surface area contributed by atoms with E-state index in [-0.39, 0.29) is 12.6 Å². The molecule has 0 radical (unpaired) electrons. The number of ether oxygens (including phenoxy) is 2. The van der Waals surface area contributed by atoms with Gasteiger partial charge in [-0.25, -0.2) is 4.79 Å². The van der Waals surface area contributed by atoms with Gasteiger partial charge in [-0.2, -0.15) is 0 Å². The summed E-state index contributed by atoms with van der Waals surface area (Å²) in [5.41, 5.74) is 2.50. The summed E-state index contributed by atoms with van der Waals surface area (Å²) in [6, 6.07) is 12.4. The molecule has 2 heterocycles. The Morgan fingerprint density at radius 1 is 1.23 bits per heavy atom. The maximum Gasteiger partial charge on any atom is 0.344 e. The Bertz CT molecular complexity index is 691. The topological polar surface area (TPSA) is 63.7 Å². The van der Waals surface area contributed by atoms with Crippen molar-refractivity contribution in [3.8, 4) is 5.75 Å². The maximum atomic E-state index is 11.4. The molecule has 0 aliphatic carbocycles. The summed E-state index contributed by atoms with van der Waals surface area (Å²) in [7, 11) is 0. The van der Waals surface area contributed by atoms with Crippen LogP contribution < -0.4 is 10.1 Å². The first kappa shape index (κ1) is 18.4. The first-order valence-electron chi connectivity index (χ1n) is 8.98. The van der Waals surface area contributed by atoms with Crippen molar-refractivity contribution in [2.75, 3.05) is 32.8 Å². The van der Waals surface area contributed by atoms with E-state index in [2.05, 4.69) is 27.3 Å². The summed E-state index contributed by atoms with van der Waals surface area (Å²) in [6.07, 6.45) is 3.69. The highest BCUT2D eigenvalue weighted by Crippen LogP contribution is 2.24. The fourth-order valence-corrected chi connectivity index (χ4v) is 3.12. The molecular formula is C20H25N3O3. The van der Waals surface area contributed by atoms with Crippen LogP contribution in [0.4, 0.5) is 0 Å². The van der Waals surface area contributed by atoms with E-state index in [1.807, 2.05) is 36.7 Å². The summed E-state index contributed by atoms with van der Waals surface area (Å²) in [5, 5.41) is 3.47. The number of pyridine rings is 1. The van der Waals surface area contributed by atoms with Crippen LogP contribution >= 0.6 is 0 Å². The van der Waals surface area contributed by atoms with E-state index in [9.17, 15) is 4.79 Å². The Balaban J connectivity index is 1.59. The van der Waals surface area contributed by atoms with Crippen molar-refractivity contribution in [1.82, 2.24) is 15.2 Å². The SMILES string of the molecule is CCOC(=O)COc1ccc(CN2CCNCC2c2ccncc2)cc1. The van der Waals surface area contributed by atoms with Crippen LogP contribution in [-0.2, 0) is 16.1 Å². The van der Waals surface area contributed by atoms with E-state index in [0.717, 1.165) is 26.2 Å². The molecule has 6 heteroatoms. The number of esters is 1. The molecule has 138 valence electrons. The quantitative estimate of drug-likeness (QED) is 0.768. The third-order valence-corrected chi connectivity index (χ3v) is 4.42. The van der Waals surface area contributed by atoms with Crippen LogP contribution in [0.5, 0.6) is 5.75 Å². The first-order valence-corrected chi connectivity index (χ1v) is 8.98. The summed E-state index contributed by atoms with van der Waals surface area (Å²) >= 11 is 0. The van der Waals surface area contributed by atoms with Crippen molar-refractivity contribution >= 4 is 5.97 Å². The number of hydrogen-bond acceptors (Lipinski definition) is 6. The van der Waals surface area contributed by atoms with Gasteiger partial charge in [0.15, 0.2) is 6.61 Å². The van der Waals surface area contributed by atoms with Crippen LogP contribution in [0.3, 0.4) is 0 Å². The molecule has 1 atom stereocenters. The second-order valence-electron chi connectivity index (χ2n) is 6.21. The zero-order valence-corrected chi connectivity index (χ0v) is 15.1. The lowest BCUT2D eigenvalue weighted by Gasteiger charge is -2.36. The van der Waals surface area contributed by atoms with Crippen molar-refractivity contribution in [2.45, 2.75) is 19.5 Å². The number of piperazine rings is 1. The van der Waals surface area contributed by atoms with Gasteiger partial charge in [-0.05, 0) is 42.3 Å². The van der Waals surface area contributed by atoms with E-state index in [1.54, 1.807) is 6.92 Å². The maximum absolute atomic E-state index is 11.4. The number of nitrogens with zero attached hydrogens (tertiary/aromatic N) is 2. The number of hydrogen-bond donors (Lipinski definition) is 1. The van der Waals surface area contributed by atoms with E-state index in [4.69, 9.17) is 9.47 Å². The van der Waals surface area contributed by atoms with Crippen molar-refractivity contribution in [2.24, 2.45) is 0 Å². The lowest BCUT2D eigenvalue weighted by atomic mass is 10.0. The van der Waals surface area contributed by atoms with Gasteiger partial charge in [0, 0.05) is 44.6 Å². The molecule has 0 bridgehead atoms. The van der Waals surface area contributed by atoms with Crippen LogP contribution in [0.1, 0.15) is 24.1 Å². The van der Waals surface area contributed by atoms with E-state index < -0.39 is 0 Å². The lowest BCUT2D eigenvalue weighted by Crippen LogP contribution is -2.45. The van der Waals surface area contributed by atoms with Gasteiger partial charge >= 0.3 is 5.97 Å². The molecule has 6 nitrogen and oxygen atoms in total. The Morgan fingerprint density at radius 2 is 2.00 bits per heavy atom. The molecule has 0 spiro atoms. The van der Waals surface area contributed by atoms with E-state index in [1.165, 1.54) is 11.1 Å². The molecule has 1 N–H and O–H groups in total. The molecular weight excluding hydrogens is 330 g/mol. The van der Waals surface area contributed by atoms with Gasteiger partial charge in [0.05, 0.1) is 6.61 Å². The Morgan fingerprint density at radius 3 is 2.73 bits per heavy atom. The molecule has 1 unspecified atom stereocenters. The van der Waals surface area contributed by atoms with Gasteiger partial charge in [0.2, 0.25) is 0 Å². The predicted molar refractivity (Wildman–Crippen MR) is 98.8 cm³/mol. The van der Waals surface area contributed by atoms with Gasteiger partial charge in [-0.3, -0.25) is 9.88 Å². The second kappa shape index (κ2) is 9.31. The molecule has 1 aromatic carbocycles. The molecule has 26 heavy (non-hydrogen) atoms. The first-order chi connectivity index (χ1) is 12.8. The molecule has 2 aromatic rings. The van der Waals surface area contributed by atoms with E-state index in [0.29, 0.717) is 18.4 Å². The number of nitrogens with one attached hydrogen (secondary N) is 1. The van der Waals surface area contributed by atoms with Crippen LogP contribution in [0.15, 0.2) is 48.8 Å². The molecule has 3 rings (SSSR count). The van der Waals surface area contributed by atoms with Crippen LogP contribution in [-0.4, -0.2) is 48.7 Å². The smallest absolute Gasteiger partial charge is 0.344 e. The Hall–Kier alpha value is -2.44. The second-order valence-corrected chi connectivity index (χ2v) is 6.21. The van der Waals surface area contributed by atoms with Crippen molar-refractivity contribution in [3.63, 3.8) is 0 Å². The number of carbonyl (C=O) groups is 1. The predicted octanol–water partition coefficient (Wildman–Crippen LogP) is 2.17. The highest BCUT2D eigenvalue weighted by atomic mass is 16.6. The average Bonchev–Trinajstić information content (AvgIpc) is 2.69. The molecule has 1 aliphatic heterocycles. The normalized spacial score (nSPS) is 17.7. The standard InChI is InChI=1S/C20H25N3O3/c1-2-25-20(24)15-26-18-5-3-16(4-6-18)14-23-12-11-22-13-19(23)17-7-9-21-10-8-17/h3-10,19,22H,2,11-15H2,1H3. The molecule has 1 aliphatic rings. The fourth-order valence-electron chi connectivity index (χ4n) is 3.12. The molecule has 1 aromatic heterocycles. The number of aromatic nitrogens is 1. The number of benzene rings is 1. The molecule has 1 fully saturated rings. The molecule has 1 saturated heterocycles. The highest BCUT2D eigenvalue weighted by molar-refractivity contribution is 5.71. The minimum atomic E-state index is -0.349. The summed E-state index contributed by atoms with van der Waals surface area (Å²) < 4.78 is 10.3. The molecule has 0 amide bonds. The Kier molecular flexibility index (Phi) is 6.57. The van der Waals surface area contributed by atoms with Crippen molar-refractivity contribution in [1.29, 1.82) is 0 Å². The van der Waals surface area contributed by atoms with E-state index >= 15 is 0 Å². The van der Waals surface area contributed by atoms with Crippen LogP contribution in [0.2, 0.25) is 0 Å². The average molecular weight is 355 g/mol. The van der Waals surface area contributed by atoms with Gasteiger partial charge in [-0.15, -0.1) is 0 Å². The number of rotatable bonds is 7. The summed E-state index contributed by atoms with van der Waals surface area (Å²) in [6.45, 7) is 5.87. The van der Waals surface area contributed by atoms with Gasteiger partial charge < -0.3 is 14.8 Å². The zero-order chi connectivity index (χ0) is 18.2. The summed E-state index contributed by atoms with van der Waals surface area (Å²) in [5.74, 6) is 0.324. The number of carbonyl (C=O) groups excluding carboxylic acids is 1.